The van der Waals surface area contributed by atoms with E-state index in [0.29, 0.717) is 17.1 Å². The molecule has 0 aliphatic heterocycles. The van der Waals surface area contributed by atoms with Gasteiger partial charge in [0, 0.05) is 30.1 Å². The Balaban J connectivity index is 2.19. The maximum atomic E-state index is 12.6. The summed E-state index contributed by atoms with van der Waals surface area (Å²) in [5.74, 6) is -0.607. The van der Waals surface area contributed by atoms with Crippen molar-refractivity contribution in [3.05, 3.63) is 70.7 Å². The third-order valence-electron chi connectivity index (χ3n) is 3.20. The number of carbonyl (C=O) groups is 2. The molecule has 2 aromatic carbocycles. The highest BCUT2D eigenvalue weighted by molar-refractivity contribution is 6.30. The van der Waals surface area contributed by atoms with Crippen molar-refractivity contribution < 1.29 is 9.59 Å². The molecule has 2 rings (SSSR count). The summed E-state index contributed by atoms with van der Waals surface area (Å²) in [5.41, 5.74) is 6.68. The van der Waals surface area contributed by atoms with Gasteiger partial charge in [-0.3, -0.25) is 9.59 Å². The molecule has 114 valence electrons. The van der Waals surface area contributed by atoms with E-state index >= 15 is 0 Å². The maximum Gasteiger partial charge on any atom is 0.254 e. The molecule has 0 aromatic heterocycles. The topological polar surface area (TPSA) is 63.4 Å². The molecule has 4 nitrogen and oxygen atoms in total. The van der Waals surface area contributed by atoms with Gasteiger partial charge in [-0.05, 0) is 23.8 Å². The van der Waals surface area contributed by atoms with Gasteiger partial charge in [0.05, 0.1) is 0 Å². The molecule has 22 heavy (non-hydrogen) atoms. The van der Waals surface area contributed by atoms with Crippen LogP contribution in [0.5, 0.6) is 0 Å². The summed E-state index contributed by atoms with van der Waals surface area (Å²) >= 11 is 5.94. The first-order valence-electron chi connectivity index (χ1n) is 6.93. The predicted molar refractivity (Wildman–Crippen MR) is 86.4 cm³/mol. The lowest BCUT2D eigenvalue weighted by molar-refractivity contribution is -0.118. The molecule has 5 heteroatoms. The van der Waals surface area contributed by atoms with Crippen LogP contribution >= 0.6 is 11.6 Å². The highest BCUT2D eigenvalue weighted by Crippen LogP contribution is 2.15. The average molecular weight is 317 g/mol. The second kappa shape index (κ2) is 7.61. The molecule has 0 fully saturated rings. The molecule has 2 aromatic rings. The Morgan fingerprint density at radius 2 is 1.77 bits per heavy atom. The molecule has 0 radical (unpaired) electrons. The minimum absolute atomic E-state index is 0.124. The van der Waals surface area contributed by atoms with Crippen LogP contribution in [-0.2, 0) is 11.3 Å². The lowest BCUT2D eigenvalue weighted by Crippen LogP contribution is -2.33. The lowest BCUT2D eigenvalue weighted by atomic mass is 10.1. The number of carbonyl (C=O) groups excluding carboxylic acids is 2. The van der Waals surface area contributed by atoms with Gasteiger partial charge >= 0.3 is 0 Å². The van der Waals surface area contributed by atoms with Crippen LogP contribution in [0.25, 0.3) is 0 Å². The Hall–Kier alpha value is -2.33. The fourth-order valence-corrected chi connectivity index (χ4v) is 2.30. The number of primary amides is 1. The number of benzene rings is 2. The van der Waals surface area contributed by atoms with Gasteiger partial charge in [0.15, 0.2) is 0 Å². The number of rotatable bonds is 6. The van der Waals surface area contributed by atoms with Gasteiger partial charge in [-0.15, -0.1) is 0 Å². The van der Waals surface area contributed by atoms with Crippen LogP contribution in [0.1, 0.15) is 22.3 Å². The summed E-state index contributed by atoms with van der Waals surface area (Å²) in [6, 6.07) is 16.4. The first-order chi connectivity index (χ1) is 10.6. The molecule has 0 spiro atoms. The third-order valence-corrected chi connectivity index (χ3v) is 3.44. The zero-order valence-electron chi connectivity index (χ0n) is 12.0. The standard InChI is InChI=1S/C17H17ClN2O2/c18-15-8-4-7-14(11-15)17(22)20(10-9-16(19)21)12-13-5-2-1-3-6-13/h1-8,11H,9-10,12H2,(H2,19,21). The average Bonchev–Trinajstić information content (AvgIpc) is 2.51. The van der Waals surface area contributed by atoms with Gasteiger partial charge in [-0.1, -0.05) is 48.0 Å². The van der Waals surface area contributed by atoms with Gasteiger partial charge in [-0.25, -0.2) is 0 Å². The van der Waals surface area contributed by atoms with E-state index in [4.69, 9.17) is 17.3 Å². The molecule has 0 unspecified atom stereocenters. The first kappa shape index (κ1) is 16.0. The van der Waals surface area contributed by atoms with Gasteiger partial charge in [0.25, 0.3) is 5.91 Å². The molecule has 0 aliphatic rings. The SMILES string of the molecule is NC(=O)CCN(Cc1ccccc1)C(=O)c1cccc(Cl)c1. The van der Waals surface area contributed by atoms with E-state index in [2.05, 4.69) is 0 Å². The zero-order valence-corrected chi connectivity index (χ0v) is 12.8. The summed E-state index contributed by atoms with van der Waals surface area (Å²) < 4.78 is 0. The Morgan fingerprint density at radius 1 is 1.05 bits per heavy atom. The fraction of sp³-hybridized carbons (Fsp3) is 0.176. The normalized spacial score (nSPS) is 10.2. The van der Waals surface area contributed by atoms with Crippen molar-refractivity contribution in [2.45, 2.75) is 13.0 Å². The minimum atomic E-state index is -0.433. The minimum Gasteiger partial charge on any atom is -0.370 e. The summed E-state index contributed by atoms with van der Waals surface area (Å²) in [5, 5.41) is 0.500. The molecule has 0 atom stereocenters. The summed E-state index contributed by atoms with van der Waals surface area (Å²) in [7, 11) is 0. The zero-order chi connectivity index (χ0) is 15.9. The molecule has 0 heterocycles. The molecule has 0 bridgehead atoms. The number of hydrogen-bond acceptors (Lipinski definition) is 2. The number of halogens is 1. The highest BCUT2D eigenvalue weighted by atomic mass is 35.5. The first-order valence-corrected chi connectivity index (χ1v) is 7.31. The van der Waals surface area contributed by atoms with Crippen LogP contribution in [-0.4, -0.2) is 23.3 Å². The van der Waals surface area contributed by atoms with Gasteiger partial charge in [0.1, 0.15) is 0 Å². The van der Waals surface area contributed by atoms with Crippen molar-refractivity contribution in [2.75, 3.05) is 6.54 Å². The quantitative estimate of drug-likeness (QED) is 0.890. The van der Waals surface area contributed by atoms with Crippen molar-refractivity contribution in [1.82, 2.24) is 4.90 Å². The lowest BCUT2D eigenvalue weighted by Gasteiger charge is -2.22. The van der Waals surface area contributed by atoms with Crippen molar-refractivity contribution in [2.24, 2.45) is 5.73 Å². The van der Waals surface area contributed by atoms with Crippen LogP contribution in [0.15, 0.2) is 54.6 Å². The van der Waals surface area contributed by atoms with Gasteiger partial charge < -0.3 is 10.6 Å². The number of hydrogen-bond donors (Lipinski definition) is 1. The summed E-state index contributed by atoms with van der Waals surface area (Å²) in [6.07, 6.45) is 0.124. The number of nitrogens with two attached hydrogens (primary N) is 1. The van der Waals surface area contributed by atoms with Crippen LogP contribution in [0.3, 0.4) is 0 Å². The van der Waals surface area contributed by atoms with E-state index in [-0.39, 0.29) is 18.9 Å². The van der Waals surface area contributed by atoms with E-state index in [1.54, 1.807) is 29.2 Å². The maximum absolute atomic E-state index is 12.6. The molecule has 2 amide bonds. The Labute approximate surface area is 134 Å². The summed E-state index contributed by atoms with van der Waals surface area (Å²) in [6.45, 7) is 0.690. The van der Waals surface area contributed by atoms with E-state index in [0.717, 1.165) is 5.56 Å². The molecule has 2 N–H and O–H groups in total. The van der Waals surface area contributed by atoms with E-state index in [9.17, 15) is 9.59 Å². The molecule has 0 saturated heterocycles. The monoisotopic (exact) mass is 316 g/mol. The van der Waals surface area contributed by atoms with Crippen LogP contribution in [0, 0.1) is 0 Å². The van der Waals surface area contributed by atoms with Gasteiger partial charge in [0.2, 0.25) is 5.91 Å². The number of nitrogens with zero attached hydrogens (tertiary/aromatic N) is 1. The van der Waals surface area contributed by atoms with Crippen LogP contribution in [0.4, 0.5) is 0 Å². The van der Waals surface area contributed by atoms with E-state index < -0.39 is 5.91 Å². The second-order valence-electron chi connectivity index (χ2n) is 4.94. The van der Waals surface area contributed by atoms with E-state index in [1.807, 2.05) is 30.3 Å². The third kappa shape index (κ3) is 4.60. The highest BCUT2D eigenvalue weighted by Gasteiger charge is 2.17. The van der Waals surface area contributed by atoms with Gasteiger partial charge in [-0.2, -0.15) is 0 Å². The Bertz CT molecular complexity index is 659. The molecular formula is C17H17ClN2O2. The molecule has 0 aliphatic carbocycles. The fourth-order valence-electron chi connectivity index (χ4n) is 2.11. The van der Waals surface area contributed by atoms with Crippen molar-refractivity contribution >= 4 is 23.4 Å². The predicted octanol–water partition coefficient (Wildman–Crippen LogP) is 2.86. The largest absolute Gasteiger partial charge is 0.370 e. The van der Waals surface area contributed by atoms with Crippen molar-refractivity contribution in [3.63, 3.8) is 0 Å². The number of amides is 2. The summed E-state index contributed by atoms with van der Waals surface area (Å²) in [4.78, 5) is 25.3. The van der Waals surface area contributed by atoms with Crippen LogP contribution in [0.2, 0.25) is 5.02 Å². The van der Waals surface area contributed by atoms with Crippen molar-refractivity contribution in [3.8, 4) is 0 Å². The Morgan fingerprint density at radius 3 is 2.41 bits per heavy atom. The van der Waals surface area contributed by atoms with Crippen LogP contribution < -0.4 is 5.73 Å². The Kier molecular flexibility index (Phi) is 5.55. The molecule has 0 saturated carbocycles. The molecular weight excluding hydrogens is 300 g/mol. The van der Waals surface area contributed by atoms with E-state index in [1.165, 1.54) is 0 Å². The smallest absolute Gasteiger partial charge is 0.254 e. The second-order valence-corrected chi connectivity index (χ2v) is 5.38. The van der Waals surface area contributed by atoms with Crippen molar-refractivity contribution in [1.29, 1.82) is 0 Å².